The van der Waals surface area contributed by atoms with Gasteiger partial charge in [0.25, 0.3) is 5.91 Å². The van der Waals surface area contributed by atoms with Crippen LogP contribution in [0.5, 0.6) is 11.5 Å². The Morgan fingerprint density at radius 2 is 1.70 bits per heavy atom. The molecule has 5 rings (SSSR count). The number of aliphatic imine (C=N–C) groups is 1. The predicted octanol–water partition coefficient (Wildman–Crippen LogP) is 6.08. The average molecular weight is 644 g/mol. The van der Waals surface area contributed by atoms with Crippen LogP contribution in [0.1, 0.15) is 34.8 Å². The SMILES string of the molecule is COc1ccccc1CCNC(=O)[C@]1(Cc2ccccc2)N=C(c2ccc(OCCCO)cc2)O[C@@H]1c1ccc(Br)cc1. The number of hydrogen-bond donors (Lipinski definition) is 2. The van der Waals surface area contributed by atoms with Gasteiger partial charge in [0.1, 0.15) is 11.5 Å². The summed E-state index contributed by atoms with van der Waals surface area (Å²) in [5.41, 5.74) is 2.32. The average Bonchev–Trinajstić information content (AvgIpc) is 3.43. The molecule has 222 valence electrons. The summed E-state index contributed by atoms with van der Waals surface area (Å²) in [4.78, 5) is 19.5. The molecule has 4 aromatic rings. The largest absolute Gasteiger partial charge is 0.496 e. The van der Waals surface area contributed by atoms with E-state index in [1.807, 2.05) is 103 Å². The Bertz CT molecular complexity index is 1530. The van der Waals surface area contributed by atoms with E-state index in [0.29, 0.717) is 44.1 Å². The highest BCUT2D eigenvalue weighted by molar-refractivity contribution is 9.10. The van der Waals surface area contributed by atoms with E-state index in [1.54, 1.807) is 7.11 Å². The lowest BCUT2D eigenvalue weighted by Crippen LogP contribution is -2.50. The normalized spacial score (nSPS) is 17.6. The molecule has 1 aliphatic heterocycles. The van der Waals surface area contributed by atoms with Crippen LogP contribution >= 0.6 is 15.9 Å². The molecule has 0 unspecified atom stereocenters. The number of para-hydroxylation sites is 1. The second-order valence-electron chi connectivity index (χ2n) is 10.3. The van der Waals surface area contributed by atoms with Gasteiger partial charge in [0.15, 0.2) is 11.6 Å². The number of carbonyl (C=O) groups is 1. The number of nitrogens with one attached hydrogen (secondary N) is 1. The molecule has 0 bridgehead atoms. The molecule has 1 heterocycles. The summed E-state index contributed by atoms with van der Waals surface area (Å²) < 4.78 is 18.7. The third-order valence-electron chi connectivity index (χ3n) is 7.39. The van der Waals surface area contributed by atoms with Crippen molar-refractivity contribution in [2.45, 2.75) is 30.9 Å². The first-order valence-electron chi connectivity index (χ1n) is 14.3. The van der Waals surface area contributed by atoms with Crippen LogP contribution in [0.4, 0.5) is 0 Å². The van der Waals surface area contributed by atoms with Crippen LogP contribution in [-0.2, 0) is 22.4 Å². The summed E-state index contributed by atoms with van der Waals surface area (Å²) >= 11 is 3.53. The molecule has 1 aliphatic rings. The number of carbonyl (C=O) groups excluding carboxylic acids is 1. The fraction of sp³-hybridized carbons (Fsp3) is 0.257. The molecule has 1 amide bonds. The van der Waals surface area contributed by atoms with Gasteiger partial charge in [-0.15, -0.1) is 0 Å². The van der Waals surface area contributed by atoms with Crippen molar-refractivity contribution in [3.63, 3.8) is 0 Å². The van der Waals surface area contributed by atoms with Gasteiger partial charge in [0.2, 0.25) is 5.90 Å². The summed E-state index contributed by atoms with van der Waals surface area (Å²) in [6.45, 7) is 0.909. The van der Waals surface area contributed by atoms with Gasteiger partial charge in [-0.2, -0.15) is 0 Å². The van der Waals surface area contributed by atoms with Gasteiger partial charge in [-0.25, -0.2) is 4.99 Å². The molecule has 43 heavy (non-hydrogen) atoms. The quantitative estimate of drug-likeness (QED) is 0.173. The van der Waals surface area contributed by atoms with E-state index in [9.17, 15) is 4.79 Å². The number of aliphatic hydroxyl groups is 1. The van der Waals surface area contributed by atoms with E-state index in [2.05, 4.69) is 21.2 Å². The first-order chi connectivity index (χ1) is 21.0. The Labute approximate surface area is 260 Å². The number of ether oxygens (including phenoxy) is 3. The van der Waals surface area contributed by atoms with Crippen LogP contribution in [0.15, 0.2) is 113 Å². The second-order valence-corrected chi connectivity index (χ2v) is 11.2. The summed E-state index contributed by atoms with van der Waals surface area (Å²) in [7, 11) is 1.65. The Balaban J connectivity index is 1.50. The molecule has 0 aliphatic carbocycles. The molecular weight excluding hydrogens is 608 g/mol. The zero-order valence-electron chi connectivity index (χ0n) is 24.0. The van der Waals surface area contributed by atoms with E-state index in [4.69, 9.17) is 24.3 Å². The number of rotatable bonds is 13. The maximum absolute atomic E-state index is 14.4. The minimum absolute atomic E-state index is 0.0740. The number of hydrogen-bond acceptors (Lipinski definition) is 6. The highest BCUT2D eigenvalue weighted by atomic mass is 79.9. The summed E-state index contributed by atoms with van der Waals surface area (Å²) in [5, 5.41) is 12.2. The standard InChI is InChI=1S/C35H35BrN2O5/c1-41-31-11-6-5-10-26(31)20-21-37-34(40)35(24-25-8-3-2-4-9-25)32(27-12-16-29(36)17-13-27)43-33(38-35)28-14-18-30(19-15-28)42-23-7-22-39/h2-6,8-19,32,39H,7,20-24H2,1H3,(H,37,40)/t32-,35-/m1/s1. The van der Waals surface area contributed by atoms with Crippen LogP contribution in [0.3, 0.4) is 0 Å². The molecular formula is C35H35BrN2O5. The molecule has 0 saturated heterocycles. The van der Waals surface area contributed by atoms with Crippen LogP contribution in [-0.4, -0.2) is 49.3 Å². The topological polar surface area (TPSA) is 89.4 Å². The van der Waals surface area contributed by atoms with Gasteiger partial charge in [0.05, 0.1) is 13.7 Å². The first-order valence-corrected chi connectivity index (χ1v) is 15.1. The molecule has 2 atom stereocenters. The zero-order chi connectivity index (χ0) is 30.1. The fourth-order valence-electron chi connectivity index (χ4n) is 5.20. The van der Waals surface area contributed by atoms with Crippen molar-refractivity contribution in [1.29, 1.82) is 0 Å². The highest BCUT2D eigenvalue weighted by Crippen LogP contribution is 2.43. The second kappa shape index (κ2) is 14.4. The van der Waals surface area contributed by atoms with Crippen molar-refractivity contribution < 1.29 is 24.1 Å². The Morgan fingerprint density at radius 3 is 2.42 bits per heavy atom. The third-order valence-corrected chi connectivity index (χ3v) is 7.92. The fourth-order valence-corrected chi connectivity index (χ4v) is 5.46. The molecule has 4 aromatic carbocycles. The van der Waals surface area contributed by atoms with Crippen molar-refractivity contribution in [2.75, 3.05) is 26.9 Å². The van der Waals surface area contributed by atoms with Gasteiger partial charge >= 0.3 is 0 Å². The van der Waals surface area contributed by atoms with Gasteiger partial charge < -0.3 is 24.6 Å². The predicted molar refractivity (Wildman–Crippen MR) is 171 cm³/mol. The molecule has 0 saturated carbocycles. The Kier molecular flexibility index (Phi) is 10.1. The maximum Gasteiger partial charge on any atom is 0.252 e. The van der Waals surface area contributed by atoms with Gasteiger partial charge in [-0.05, 0) is 65.6 Å². The van der Waals surface area contributed by atoms with Crippen LogP contribution < -0.4 is 14.8 Å². The van der Waals surface area contributed by atoms with Crippen molar-refractivity contribution >= 4 is 27.7 Å². The van der Waals surface area contributed by atoms with Crippen LogP contribution in [0.2, 0.25) is 0 Å². The Hall–Kier alpha value is -4.14. The van der Waals surface area contributed by atoms with Crippen LogP contribution in [0, 0.1) is 0 Å². The number of halogens is 1. The Morgan fingerprint density at radius 1 is 0.977 bits per heavy atom. The zero-order valence-corrected chi connectivity index (χ0v) is 25.6. The molecule has 8 heteroatoms. The minimum Gasteiger partial charge on any atom is -0.496 e. The number of methoxy groups -OCH3 is 1. The number of amides is 1. The highest BCUT2D eigenvalue weighted by Gasteiger charge is 2.53. The molecule has 0 fully saturated rings. The lowest BCUT2D eigenvalue weighted by molar-refractivity contribution is -0.128. The van der Waals surface area contributed by atoms with E-state index in [0.717, 1.165) is 32.5 Å². The number of benzene rings is 4. The smallest absolute Gasteiger partial charge is 0.252 e. The monoisotopic (exact) mass is 642 g/mol. The van der Waals surface area contributed by atoms with E-state index >= 15 is 0 Å². The molecule has 0 radical (unpaired) electrons. The summed E-state index contributed by atoms with van der Waals surface area (Å²) in [6.07, 6.45) is 0.846. The molecule has 2 N–H and O–H groups in total. The number of aliphatic hydroxyl groups excluding tert-OH is 1. The third kappa shape index (κ3) is 7.27. The van der Waals surface area contributed by atoms with Gasteiger partial charge in [-0.1, -0.05) is 76.6 Å². The lowest BCUT2D eigenvalue weighted by atomic mass is 9.82. The van der Waals surface area contributed by atoms with Gasteiger partial charge in [0, 0.05) is 36.0 Å². The number of nitrogens with zero attached hydrogens (tertiary/aromatic N) is 1. The van der Waals surface area contributed by atoms with E-state index in [-0.39, 0.29) is 12.5 Å². The van der Waals surface area contributed by atoms with E-state index in [1.165, 1.54) is 0 Å². The minimum atomic E-state index is -1.26. The molecule has 0 aromatic heterocycles. The lowest BCUT2D eigenvalue weighted by Gasteiger charge is -2.31. The summed E-state index contributed by atoms with van der Waals surface area (Å²) in [6, 6.07) is 33.0. The van der Waals surface area contributed by atoms with Gasteiger partial charge in [-0.3, -0.25) is 4.79 Å². The van der Waals surface area contributed by atoms with Crippen molar-refractivity contribution in [3.05, 3.63) is 130 Å². The first kappa shape index (κ1) is 30.3. The van der Waals surface area contributed by atoms with Crippen molar-refractivity contribution in [3.8, 4) is 11.5 Å². The maximum atomic E-state index is 14.4. The van der Waals surface area contributed by atoms with Crippen molar-refractivity contribution in [1.82, 2.24) is 5.32 Å². The summed E-state index contributed by atoms with van der Waals surface area (Å²) in [5.74, 6) is 1.66. The molecule has 0 spiro atoms. The van der Waals surface area contributed by atoms with E-state index < -0.39 is 11.6 Å². The van der Waals surface area contributed by atoms with Crippen molar-refractivity contribution in [2.24, 2.45) is 4.99 Å². The van der Waals surface area contributed by atoms with Crippen LogP contribution in [0.25, 0.3) is 0 Å². The molecule has 7 nitrogen and oxygen atoms in total.